The van der Waals surface area contributed by atoms with Crippen LogP contribution in [0.4, 0.5) is 4.79 Å². The van der Waals surface area contributed by atoms with Crippen molar-refractivity contribution in [1.29, 1.82) is 0 Å². The number of carboxylic acids is 1. The van der Waals surface area contributed by atoms with E-state index in [2.05, 4.69) is 24.5 Å². The number of hydrogen-bond donors (Lipinski definition) is 3. The molecule has 20 heavy (non-hydrogen) atoms. The number of rotatable bonds is 10. The number of carbonyl (C=O) groups excluding carboxylic acids is 1. The van der Waals surface area contributed by atoms with Crippen LogP contribution in [-0.2, 0) is 4.79 Å². The molecule has 1 saturated carbocycles. The van der Waals surface area contributed by atoms with Crippen molar-refractivity contribution in [3.8, 4) is 0 Å². The third-order valence-corrected chi connectivity index (χ3v) is 4.10. The van der Waals surface area contributed by atoms with E-state index in [-0.39, 0.29) is 12.5 Å². The molecule has 1 aliphatic rings. The van der Waals surface area contributed by atoms with Crippen LogP contribution in [0.15, 0.2) is 0 Å². The molecule has 0 aromatic carbocycles. The molecule has 0 aromatic rings. The van der Waals surface area contributed by atoms with Gasteiger partial charge in [0.1, 0.15) is 0 Å². The van der Waals surface area contributed by atoms with Gasteiger partial charge >= 0.3 is 12.0 Å². The minimum atomic E-state index is -0.740. The predicted molar refractivity (Wildman–Crippen MR) is 78.6 cm³/mol. The smallest absolute Gasteiger partial charge is 0.314 e. The van der Waals surface area contributed by atoms with Crippen LogP contribution in [0.25, 0.3) is 0 Å². The number of aliphatic carboxylic acids is 1. The molecule has 1 rings (SSSR count). The van der Waals surface area contributed by atoms with Crippen LogP contribution in [-0.4, -0.2) is 30.2 Å². The fourth-order valence-corrected chi connectivity index (χ4v) is 2.53. The SMILES string of the molecule is CCCC(CCNC(=O)NCC1CC1C)CCC(=O)O. The Morgan fingerprint density at radius 3 is 2.50 bits per heavy atom. The van der Waals surface area contributed by atoms with Crippen LogP contribution in [0.2, 0.25) is 0 Å². The van der Waals surface area contributed by atoms with Gasteiger partial charge in [-0.3, -0.25) is 4.79 Å². The second-order valence-corrected chi connectivity index (χ2v) is 5.99. The van der Waals surface area contributed by atoms with Crippen molar-refractivity contribution in [2.75, 3.05) is 13.1 Å². The first kappa shape index (κ1) is 16.8. The lowest BCUT2D eigenvalue weighted by Crippen LogP contribution is -2.37. The zero-order valence-electron chi connectivity index (χ0n) is 12.7. The van der Waals surface area contributed by atoms with E-state index >= 15 is 0 Å². The number of amides is 2. The summed E-state index contributed by atoms with van der Waals surface area (Å²) < 4.78 is 0. The average Bonchev–Trinajstić information content (AvgIpc) is 3.09. The molecule has 0 radical (unpaired) electrons. The maximum atomic E-state index is 11.6. The van der Waals surface area contributed by atoms with E-state index < -0.39 is 5.97 Å². The van der Waals surface area contributed by atoms with Crippen molar-refractivity contribution in [2.45, 2.75) is 52.4 Å². The van der Waals surface area contributed by atoms with E-state index in [0.29, 0.717) is 24.8 Å². The first-order chi connectivity index (χ1) is 9.52. The zero-order chi connectivity index (χ0) is 15.0. The van der Waals surface area contributed by atoms with E-state index in [1.807, 2.05) is 0 Å². The zero-order valence-corrected chi connectivity index (χ0v) is 12.7. The lowest BCUT2D eigenvalue weighted by atomic mass is 9.94. The molecule has 116 valence electrons. The third kappa shape index (κ3) is 7.36. The first-order valence-corrected chi connectivity index (χ1v) is 7.76. The van der Waals surface area contributed by atoms with E-state index in [0.717, 1.165) is 31.7 Å². The number of hydrogen-bond acceptors (Lipinski definition) is 2. The highest BCUT2D eigenvalue weighted by molar-refractivity contribution is 5.73. The fourth-order valence-electron chi connectivity index (χ4n) is 2.53. The van der Waals surface area contributed by atoms with Crippen LogP contribution in [0.3, 0.4) is 0 Å². The second kappa shape index (κ2) is 8.82. The maximum Gasteiger partial charge on any atom is 0.314 e. The number of urea groups is 1. The summed E-state index contributed by atoms with van der Waals surface area (Å²) in [5.74, 6) is 1.06. The monoisotopic (exact) mass is 284 g/mol. The second-order valence-electron chi connectivity index (χ2n) is 5.99. The standard InChI is InChI=1S/C15H28N2O3/c1-3-4-12(5-6-14(18)19)7-8-16-15(20)17-10-13-9-11(13)2/h11-13H,3-10H2,1-2H3,(H,18,19)(H2,16,17,20). The highest BCUT2D eigenvalue weighted by Gasteiger charge is 2.32. The van der Waals surface area contributed by atoms with Crippen LogP contribution < -0.4 is 10.6 Å². The number of nitrogens with one attached hydrogen (secondary N) is 2. The van der Waals surface area contributed by atoms with E-state index in [4.69, 9.17) is 5.11 Å². The fraction of sp³-hybridized carbons (Fsp3) is 0.867. The number of carbonyl (C=O) groups is 2. The van der Waals surface area contributed by atoms with E-state index in [9.17, 15) is 9.59 Å². The highest BCUT2D eigenvalue weighted by Crippen LogP contribution is 2.36. The van der Waals surface area contributed by atoms with Gasteiger partial charge in [0.05, 0.1) is 0 Å². The van der Waals surface area contributed by atoms with Gasteiger partial charge in [-0.2, -0.15) is 0 Å². The van der Waals surface area contributed by atoms with Gasteiger partial charge in [-0.1, -0.05) is 26.7 Å². The maximum absolute atomic E-state index is 11.6. The van der Waals surface area contributed by atoms with Gasteiger partial charge in [-0.15, -0.1) is 0 Å². The van der Waals surface area contributed by atoms with Crippen LogP contribution in [0, 0.1) is 17.8 Å². The summed E-state index contributed by atoms with van der Waals surface area (Å²) in [6.45, 7) is 5.69. The third-order valence-electron chi connectivity index (χ3n) is 4.10. The molecule has 1 fully saturated rings. The Balaban J connectivity index is 2.08. The van der Waals surface area contributed by atoms with Gasteiger partial charge in [0.2, 0.25) is 0 Å². The van der Waals surface area contributed by atoms with Crippen molar-refractivity contribution < 1.29 is 14.7 Å². The molecule has 0 aliphatic heterocycles. The molecule has 5 heteroatoms. The Labute approximate surface area is 121 Å². The molecule has 3 N–H and O–H groups in total. The Morgan fingerprint density at radius 2 is 1.95 bits per heavy atom. The van der Waals surface area contributed by atoms with Gasteiger partial charge in [0.15, 0.2) is 0 Å². The van der Waals surface area contributed by atoms with Crippen molar-refractivity contribution in [3.63, 3.8) is 0 Å². The largest absolute Gasteiger partial charge is 0.481 e. The Bertz CT molecular complexity index is 320. The number of carboxylic acid groups (broad SMARTS) is 1. The summed E-state index contributed by atoms with van der Waals surface area (Å²) in [4.78, 5) is 22.2. The van der Waals surface area contributed by atoms with Crippen molar-refractivity contribution in [2.24, 2.45) is 17.8 Å². The molecule has 5 nitrogen and oxygen atoms in total. The minimum absolute atomic E-state index is 0.0995. The Kier molecular flexibility index (Phi) is 7.41. The van der Waals surface area contributed by atoms with Crippen LogP contribution in [0.5, 0.6) is 0 Å². The molecule has 0 spiro atoms. The summed E-state index contributed by atoms with van der Waals surface area (Å²) in [6.07, 6.45) is 5.07. The highest BCUT2D eigenvalue weighted by atomic mass is 16.4. The summed E-state index contributed by atoms with van der Waals surface area (Å²) in [5.41, 5.74) is 0. The molecule has 0 bridgehead atoms. The van der Waals surface area contributed by atoms with Crippen LogP contribution >= 0.6 is 0 Å². The van der Waals surface area contributed by atoms with Crippen molar-refractivity contribution >= 4 is 12.0 Å². The van der Waals surface area contributed by atoms with E-state index in [1.54, 1.807) is 0 Å². The quantitative estimate of drug-likeness (QED) is 0.577. The van der Waals surface area contributed by atoms with Gasteiger partial charge in [-0.25, -0.2) is 4.79 Å². The first-order valence-electron chi connectivity index (χ1n) is 7.76. The molecular weight excluding hydrogens is 256 g/mol. The average molecular weight is 284 g/mol. The molecule has 3 atom stereocenters. The lowest BCUT2D eigenvalue weighted by molar-refractivity contribution is -0.137. The van der Waals surface area contributed by atoms with Crippen molar-refractivity contribution in [1.82, 2.24) is 10.6 Å². The minimum Gasteiger partial charge on any atom is -0.481 e. The summed E-state index contributed by atoms with van der Waals surface area (Å²) >= 11 is 0. The summed E-state index contributed by atoms with van der Waals surface area (Å²) in [5, 5.41) is 14.5. The Hall–Kier alpha value is -1.26. The molecular formula is C15H28N2O3. The van der Waals surface area contributed by atoms with Gasteiger partial charge in [0.25, 0.3) is 0 Å². The van der Waals surface area contributed by atoms with E-state index in [1.165, 1.54) is 6.42 Å². The summed E-state index contributed by atoms with van der Waals surface area (Å²) in [7, 11) is 0. The molecule has 0 heterocycles. The van der Waals surface area contributed by atoms with Crippen LogP contribution in [0.1, 0.15) is 52.4 Å². The molecule has 2 amide bonds. The summed E-state index contributed by atoms with van der Waals surface area (Å²) in [6, 6.07) is -0.0995. The molecule has 3 unspecified atom stereocenters. The topological polar surface area (TPSA) is 78.4 Å². The molecule has 1 aliphatic carbocycles. The Morgan fingerprint density at radius 1 is 1.25 bits per heavy atom. The molecule has 0 aromatic heterocycles. The van der Waals surface area contributed by atoms with Gasteiger partial charge in [0, 0.05) is 19.5 Å². The van der Waals surface area contributed by atoms with Crippen molar-refractivity contribution in [3.05, 3.63) is 0 Å². The molecule has 0 saturated heterocycles. The van der Waals surface area contributed by atoms with Gasteiger partial charge in [-0.05, 0) is 37.0 Å². The lowest BCUT2D eigenvalue weighted by Gasteiger charge is -2.15. The normalized spacial score (nSPS) is 22.1. The van der Waals surface area contributed by atoms with Gasteiger partial charge < -0.3 is 15.7 Å². The predicted octanol–water partition coefficient (Wildman–Crippen LogP) is 2.61.